The lowest BCUT2D eigenvalue weighted by Crippen LogP contribution is -2.27. The summed E-state index contributed by atoms with van der Waals surface area (Å²) < 4.78 is 29.5. The Morgan fingerprint density at radius 1 is 1.35 bits per heavy atom. The minimum absolute atomic E-state index is 0.297. The summed E-state index contributed by atoms with van der Waals surface area (Å²) in [5.74, 6) is -0.880. The van der Waals surface area contributed by atoms with Gasteiger partial charge >= 0.3 is 5.97 Å². The molecule has 0 aliphatic carbocycles. The number of sulfonamides is 1. The van der Waals surface area contributed by atoms with Crippen molar-refractivity contribution < 1.29 is 22.7 Å². The number of amides is 1. The van der Waals surface area contributed by atoms with Gasteiger partial charge in [-0.3, -0.25) is 14.4 Å². The summed E-state index contributed by atoms with van der Waals surface area (Å²) >= 11 is 1.04. The van der Waals surface area contributed by atoms with Crippen molar-refractivity contribution in [2.24, 2.45) is 0 Å². The minimum atomic E-state index is -3.33. The van der Waals surface area contributed by atoms with E-state index in [9.17, 15) is 18.0 Å². The van der Waals surface area contributed by atoms with Gasteiger partial charge in [0.15, 0.2) is 5.13 Å². The molecule has 138 valence electrons. The molecule has 0 saturated heterocycles. The van der Waals surface area contributed by atoms with E-state index in [0.717, 1.165) is 23.2 Å². The summed E-state index contributed by atoms with van der Waals surface area (Å²) in [6.45, 7) is 2.03. The van der Waals surface area contributed by atoms with E-state index in [2.05, 4.69) is 15.0 Å². The molecule has 0 radical (unpaired) electrons. The van der Waals surface area contributed by atoms with Crippen LogP contribution in [0.25, 0.3) is 0 Å². The Labute approximate surface area is 154 Å². The molecule has 2 heterocycles. The van der Waals surface area contributed by atoms with E-state index in [1.54, 1.807) is 25.1 Å². The second-order valence-electron chi connectivity index (χ2n) is 5.81. The van der Waals surface area contributed by atoms with Crippen molar-refractivity contribution in [3.8, 4) is 0 Å². The van der Waals surface area contributed by atoms with Crippen molar-refractivity contribution in [3.63, 3.8) is 0 Å². The molecule has 0 fully saturated rings. The van der Waals surface area contributed by atoms with Crippen LogP contribution in [0.5, 0.6) is 0 Å². The maximum Gasteiger partial charge on any atom is 0.350 e. The largest absolute Gasteiger partial charge is 0.465 e. The molecule has 1 N–H and O–H groups in total. The van der Waals surface area contributed by atoms with Gasteiger partial charge in [0.1, 0.15) is 4.88 Å². The van der Waals surface area contributed by atoms with Crippen LogP contribution in [0.3, 0.4) is 0 Å². The van der Waals surface area contributed by atoms with Gasteiger partial charge in [-0.2, -0.15) is 0 Å². The molecule has 0 unspecified atom stereocenters. The molecule has 1 aliphatic rings. The fourth-order valence-corrected chi connectivity index (χ4v) is 4.60. The van der Waals surface area contributed by atoms with Gasteiger partial charge in [0.05, 0.1) is 24.7 Å². The summed E-state index contributed by atoms with van der Waals surface area (Å²) in [7, 11) is -2.05. The van der Waals surface area contributed by atoms with Crippen molar-refractivity contribution in [2.75, 3.05) is 29.5 Å². The highest BCUT2D eigenvalue weighted by molar-refractivity contribution is 7.92. The number of thiazole rings is 1. The van der Waals surface area contributed by atoms with E-state index in [-0.39, 0.29) is 5.91 Å². The molecule has 10 heteroatoms. The predicted molar refractivity (Wildman–Crippen MR) is 98.5 cm³/mol. The average Bonchev–Trinajstić information content (AvgIpc) is 3.16. The molecule has 2 aromatic rings. The lowest BCUT2D eigenvalue weighted by molar-refractivity contribution is 0.0605. The number of fused-ring (bicyclic) bond motifs is 1. The van der Waals surface area contributed by atoms with Crippen molar-refractivity contribution in [1.82, 2.24) is 4.98 Å². The lowest BCUT2D eigenvalue weighted by Gasteiger charge is -2.16. The van der Waals surface area contributed by atoms with Gasteiger partial charge in [0, 0.05) is 12.1 Å². The number of hydrogen-bond acceptors (Lipinski definition) is 7. The number of aromatic nitrogens is 1. The molecule has 1 amide bonds. The third-order valence-electron chi connectivity index (χ3n) is 3.98. The van der Waals surface area contributed by atoms with Gasteiger partial charge in [-0.05, 0) is 37.1 Å². The van der Waals surface area contributed by atoms with E-state index in [1.807, 2.05) is 0 Å². The molecular weight excluding hydrogens is 378 g/mol. The monoisotopic (exact) mass is 395 g/mol. The molecule has 0 spiro atoms. The van der Waals surface area contributed by atoms with Crippen molar-refractivity contribution in [3.05, 3.63) is 39.9 Å². The Balaban J connectivity index is 1.81. The highest BCUT2D eigenvalue weighted by Gasteiger charge is 2.27. The number of nitrogens with one attached hydrogen (secondary N) is 1. The van der Waals surface area contributed by atoms with Crippen LogP contribution < -0.4 is 9.62 Å². The van der Waals surface area contributed by atoms with Crippen LogP contribution in [0, 0.1) is 6.92 Å². The number of methoxy groups -OCH3 is 1. The fourth-order valence-electron chi connectivity index (χ4n) is 2.76. The first-order valence-corrected chi connectivity index (χ1v) is 10.3. The maximum atomic E-state index is 12.5. The first-order chi connectivity index (χ1) is 12.2. The quantitative estimate of drug-likeness (QED) is 0.792. The minimum Gasteiger partial charge on any atom is -0.465 e. The average molecular weight is 395 g/mol. The zero-order chi connectivity index (χ0) is 19.1. The maximum absolute atomic E-state index is 12.5. The van der Waals surface area contributed by atoms with E-state index in [4.69, 9.17) is 0 Å². The third kappa shape index (κ3) is 3.42. The number of anilines is 2. The number of carbonyl (C=O) groups excluding carboxylic acids is 2. The molecule has 1 aromatic heterocycles. The van der Waals surface area contributed by atoms with Crippen LogP contribution in [0.2, 0.25) is 0 Å². The number of aryl methyl sites for hydroxylation is 1. The normalized spacial score (nSPS) is 13.4. The molecule has 8 nitrogen and oxygen atoms in total. The number of rotatable bonds is 4. The highest BCUT2D eigenvalue weighted by atomic mass is 32.2. The smallest absolute Gasteiger partial charge is 0.350 e. The highest BCUT2D eigenvalue weighted by Crippen LogP contribution is 2.31. The van der Waals surface area contributed by atoms with E-state index in [1.165, 1.54) is 11.4 Å². The van der Waals surface area contributed by atoms with Crippen molar-refractivity contribution in [2.45, 2.75) is 13.3 Å². The summed E-state index contributed by atoms with van der Waals surface area (Å²) in [6.07, 6.45) is 1.71. The Hall–Kier alpha value is -2.46. The van der Waals surface area contributed by atoms with Crippen LogP contribution in [-0.4, -0.2) is 45.2 Å². The fraction of sp³-hybridized carbons (Fsp3) is 0.312. The van der Waals surface area contributed by atoms with Gasteiger partial charge < -0.3 is 4.74 Å². The standard InChI is InChI=1S/C16H17N3O5S2/c1-9-13(15(21)24-2)25-16(17-9)18-14(20)11-4-5-12-10(8-11)6-7-19(12)26(3,22)23/h4-5,8H,6-7H2,1-3H3,(H,17,18,20). The zero-order valence-electron chi connectivity index (χ0n) is 14.4. The van der Waals surface area contributed by atoms with Crippen LogP contribution in [0.15, 0.2) is 18.2 Å². The first kappa shape index (κ1) is 18.3. The number of carbonyl (C=O) groups is 2. The SMILES string of the molecule is COC(=O)c1sc(NC(=O)c2ccc3c(c2)CCN3S(C)(=O)=O)nc1C. The number of nitrogens with zero attached hydrogens (tertiary/aromatic N) is 2. The first-order valence-electron chi connectivity index (χ1n) is 7.68. The van der Waals surface area contributed by atoms with Crippen molar-refractivity contribution in [1.29, 1.82) is 0 Å². The topological polar surface area (TPSA) is 106 Å². The number of hydrogen-bond donors (Lipinski definition) is 1. The van der Waals surface area contributed by atoms with Crippen molar-refractivity contribution >= 4 is 44.1 Å². The summed E-state index contributed by atoms with van der Waals surface area (Å²) in [6, 6.07) is 4.88. The van der Waals surface area contributed by atoms with Gasteiger partial charge in [-0.15, -0.1) is 0 Å². The van der Waals surface area contributed by atoms with Crippen LogP contribution >= 0.6 is 11.3 Å². The van der Waals surface area contributed by atoms with E-state index in [0.29, 0.717) is 39.9 Å². The predicted octanol–water partition coefficient (Wildman–Crippen LogP) is 1.81. The second-order valence-corrected chi connectivity index (χ2v) is 8.71. The van der Waals surface area contributed by atoms with Gasteiger partial charge in [0.2, 0.25) is 10.0 Å². The second kappa shape index (κ2) is 6.69. The summed E-state index contributed by atoms with van der Waals surface area (Å²) in [5.41, 5.74) is 2.28. The van der Waals surface area contributed by atoms with Crippen LogP contribution in [0.4, 0.5) is 10.8 Å². The molecule has 1 aromatic carbocycles. The third-order valence-corrected chi connectivity index (χ3v) is 6.22. The molecular formula is C16H17N3O5S2. The molecule has 0 bridgehead atoms. The number of ether oxygens (including phenoxy) is 1. The van der Waals surface area contributed by atoms with E-state index < -0.39 is 16.0 Å². The van der Waals surface area contributed by atoms with Gasteiger partial charge in [-0.1, -0.05) is 11.3 Å². The number of esters is 1. The molecule has 26 heavy (non-hydrogen) atoms. The molecule has 0 saturated carbocycles. The van der Waals surface area contributed by atoms with E-state index >= 15 is 0 Å². The summed E-state index contributed by atoms with van der Waals surface area (Å²) in [4.78, 5) is 28.6. The summed E-state index contributed by atoms with van der Waals surface area (Å²) in [5, 5.41) is 2.96. The van der Waals surface area contributed by atoms with Crippen LogP contribution in [0.1, 0.15) is 31.3 Å². The number of benzene rings is 1. The van der Waals surface area contributed by atoms with Gasteiger partial charge in [0.25, 0.3) is 5.91 Å². The molecule has 3 rings (SSSR count). The zero-order valence-corrected chi connectivity index (χ0v) is 16.0. The molecule has 0 atom stereocenters. The lowest BCUT2D eigenvalue weighted by atomic mass is 10.1. The molecule has 1 aliphatic heterocycles. The Morgan fingerprint density at radius 2 is 2.08 bits per heavy atom. The Bertz CT molecular complexity index is 997. The van der Waals surface area contributed by atoms with Crippen LogP contribution in [-0.2, 0) is 21.2 Å². The van der Waals surface area contributed by atoms with Gasteiger partial charge in [-0.25, -0.2) is 18.2 Å². The Kier molecular flexibility index (Phi) is 4.72. The Morgan fingerprint density at radius 3 is 2.73 bits per heavy atom.